The molecule has 1 saturated heterocycles. The lowest BCUT2D eigenvalue weighted by atomic mass is 9.98. The van der Waals surface area contributed by atoms with Crippen LogP contribution in [-0.4, -0.2) is 37.5 Å². The van der Waals surface area contributed by atoms with Gasteiger partial charge in [-0.25, -0.2) is 0 Å². The molecule has 1 atom stereocenters. The number of nitrogens with one attached hydrogen (secondary N) is 1. The van der Waals surface area contributed by atoms with Crippen molar-refractivity contribution < 1.29 is 4.79 Å². The lowest BCUT2D eigenvalue weighted by molar-refractivity contribution is -0.120. The van der Waals surface area contributed by atoms with Gasteiger partial charge in [-0.3, -0.25) is 4.79 Å². The molecule has 0 saturated carbocycles. The number of rotatable bonds is 4. The molecule has 2 rings (SSSR count). The summed E-state index contributed by atoms with van der Waals surface area (Å²) in [5, 5.41) is 3.05. The van der Waals surface area contributed by atoms with E-state index in [1.54, 1.807) is 0 Å². The van der Waals surface area contributed by atoms with Crippen molar-refractivity contribution in [1.29, 1.82) is 0 Å². The molecule has 19 heavy (non-hydrogen) atoms. The van der Waals surface area contributed by atoms with E-state index in [-0.39, 0.29) is 5.91 Å². The summed E-state index contributed by atoms with van der Waals surface area (Å²) in [6, 6.07) is 7.75. The van der Waals surface area contributed by atoms with Crippen LogP contribution in [0.1, 0.15) is 18.4 Å². The SMILES string of the molecule is CN1CCCC(CNC(=O)Cc2ccc(S)cc2)C1. The maximum absolute atomic E-state index is 11.9. The third-order valence-electron chi connectivity index (χ3n) is 3.61. The fraction of sp³-hybridized carbons (Fsp3) is 0.533. The summed E-state index contributed by atoms with van der Waals surface area (Å²) in [6.45, 7) is 3.07. The van der Waals surface area contributed by atoms with Crippen molar-refractivity contribution in [2.45, 2.75) is 24.2 Å². The molecule has 1 aromatic carbocycles. The first-order valence-electron chi connectivity index (χ1n) is 6.86. The first kappa shape index (κ1) is 14.4. The number of amides is 1. The van der Waals surface area contributed by atoms with Crippen molar-refractivity contribution in [2.75, 3.05) is 26.7 Å². The summed E-state index contributed by atoms with van der Waals surface area (Å²) < 4.78 is 0. The number of likely N-dealkylation sites (tertiary alicyclic amines) is 1. The molecule has 1 N–H and O–H groups in total. The molecule has 1 amide bonds. The van der Waals surface area contributed by atoms with Crippen LogP contribution in [0.4, 0.5) is 0 Å². The predicted molar refractivity (Wildman–Crippen MR) is 80.6 cm³/mol. The molecule has 4 heteroatoms. The van der Waals surface area contributed by atoms with Crippen LogP contribution in [0.2, 0.25) is 0 Å². The van der Waals surface area contributed by atoms with Gasteiger partial charge in [0.05, 0.1) is 6.42 Å². The summed E-state index contributed by atoms with van der Waals surface area (Å²) in [5.41, 5.74) is 1.04. The van der Waals surface area contributed by atoms with Crippen LogP contribution in [0.15, 0.2) is 29.2 Å². The maximum atomic E-state index is 11.9. The smallest absolute Gasteiger partial charge is 0.224 e. The molecule has 1 aliphatic rings. The molecular weight excluding hydrogens is 256 g/mol. The van der Waals surface area contributed by atoms with E-state index in [1.165, 1.54) is 19.4 Å². The van der Waals surface area contributed by atoms with E-state index in [4.69, 9.17) is 0 Å². The molecular formula is C15H22N2OS. The summed E-state index contributed by atoms with van der Waals surface area (Å²) in [4.78, 5) is 15.1. The molecule has 0 bridgehead atoms. The van der Waals surface area contributed by atoms with Crippen LogP contribution in [0.25, 0.3) is 0 Å². The van der Waals surface area contributed by atoms with Crippen LogP contribution in [0.5, 0.6) is 0 Å². The molecule has 0 radical (unpaired) electrons. The van der Waals surface area contributed by atoms with Crippen LogP contribution in [-0.2, 0) is 11.2 Å². The number of hydrogen-bond donors (Lipinski definition) is 2. The summed E-state index contributed by atoms with van der Waals surface area (Å²) >= 11 is 4.24. The Morgan fingerprint density at radius 3 is 2.84 bits per heavy atom. The van der Waals surface area contributed by atoms with E-state index in [2.05, 4.69) is 29.9 Å². The first-order chi connectivity index (χ1) is 9.13. The molecule has 0 aliphatic carbocycles. The summed E-state index contributed by atoms with van der Waals surface area (Å²) in [5.74, 6) is 0.711. The standard InChI is InChI=1S/C15H22N2OS/c1-17-8-2-3-13(11-17)10-16-15(18)9-12-4-6-14(19)7-5-12/h4-7,13,19H,2-3,8-11H2,1H3,(H,16,18). The number of thiol groups is 1. The summed E-state index contributed by atoms with van der Waals surface area (Å²) in [6.07, 6.45) is 2.91. The minimum atomic E-state index is 0.111. The minimum absolute atomic E-state index is 0.111. The Kier molecular flexibility index (Phi) is 5.28. The van der Waals surface area contributed by atoms with E-state index >= 15 is 0 Å². The van der Waals surface area contributed by atoms with Gasteiger partial charge in [-0.1, -0.05) is 12.1 Å². The number of benzene rings is 1. The zero-order chi connectivity index (χ0) is 13.7. The van der Waals surface area contributed by atoms with Crippen molar-refractivity contribution in [1.82, 2.24) is 10.2 Å². The number of carbonyl (C=O) groups excluding carboxylic acids is 1. The Balaban J connectivity index is 1.73. The van der Waals surface area contributed by atoms with Gasteiger partial charge in [0.2, 0.25) is 5.91 Å². The third kappa shape index (κ3) is 4.88. The number of nitrogens with zero attached hydrogens (tertiary/aromatic N) is 1. The van der Waals surface area contributed by atoms with E-state index in [1.807, 2.05) is 24.3 Å². The van der Waals surface area contributed by atoms with Gasteiger partial charge in [0.1, 0.15) is 0 Å². The molecule has 1 fully saturated rings. The first-order valence-corrected chi connectivity index (χ1v) is 7.31. The normalized spacial score (nSPS) is 20.2. The van der Waals surface area contributed by atoms with Gasteiger partial charge < -0.3 is 10.2 Å². The van der Waals surface area contributed by atoms with E-state index in [9.17, 15) is 4.79 Å². The van der Waals surface area contributed by atoms with Gasteiger partial charge in [-0.2, -0.15) is 0 Å². The van der Waals surface area contributed by atoms with Crippen LogP contribution >= 0.6 is 12.6 Å². The highest BCUT2D eigenvalue weighted by atomic mass is 32.1. The number of carbonyl (C=O) groups is 1. The fourth-order valence-electron chi connectivity index (χ4n) is 2.56. The van der Waals surface area contributed by atoms with E-state index in [0.717, 1.165) is 23.5 Å². The molecule has 1 heterocycles. The largest absolute Gasteiger partial charge is 0.355 e. The second-order valence-electron chi connectivity index (χ2n) is 5.42. The van der Waals surface area contributed by atoms with Gasteiger partial charge in [0, 0.05) is 18.0 Å². The Hall–Kier alpha value is -1.00. The molecule has 1 aliphatic heterocycles. The molecule has 1 aromatic rings. The van der Waals surface area contributed by atoms with E-state index < -0.39 is 0 Å². The molecule has 3 nitrogen and oxygen atoms in total. The average molecular weight is 278 g/mol. The van der Waals surface area contributed by atoms with Crippen LogP contribution in [0.3, 0.4) is 0 Å². The van der Waals surface area contributed by atoms with Gasteiger partial charge in [-0.15, -0.1) is 12.6 Å². The highest BCUT2D eigenvalue weighted by molar-refractivity contribution is 7.80. The highest BCUT2D eigenvalue weighted by Crippen LogP contribution is 2.14. The zero-order valence-electron chi connectivity index (χ0n) is 11.4. The van der Waals surface area contributed by atoms with Crippen LogP contribution < -0.4 is 5.32 Å². The molecule has 0 spiro atoms. The van der Waals surface area contributed by atoms with Crippen molar-refractivity contribution in [2.24, 2.45) is 5.92 Å². The lowest BCUT2D eigenvalue weighted by Gasteiger charge is -2.29. The number of piperidine rings is 1. The zero-order valence-corrected chi connectivity index (χ0v) is 12.3. The second kappa shape index (κ2) is 6.96. The van der Waals surface area contributed by atoms with Crippen molar-refractivity contribution in [3.8, 4) is 0 Å². The fourth-order valence-corrected chi connectivity index (χ4v) is 2.71. The summed E-state index contributed by atoms with van der Waals surface area (Å²) in [7, 11) is 2.15. The Morgan fingerprint density at radius 1 is 1.42 bits per heavy atom. The highest BCUT2D eigenvalue weighted by Gasteiger charge is 2.17. The molecule has 1 unspecified atom stereocenters. The Labute approximate surface area is 120 Å². The predicted octanol–water partition coefficient (Wildman–Crippen LogP) is 1.98. The number of hydrogen-bond acceptors (Lipinski definition) is 3. The Bertz CT molecular complexity index is 419. The topological polar surface area (TPSA) is 32.3 Å². The van der Waals surface area contributed by atoms with Crippen molar-refractivity contribution in [3.05, 3.63) is 29.8 Å². The van der Waals surface area contributed by atoms with Gasteiger partial charge in [-0.05, 0) is 50.0 Å². The third-order valence-corrected chi connectivity index (χ3v) is 3.91. The van der Waals surface area contributed by atoms with Gasteiger partial charge in [0.15, 0.2) is 0 Å². The van der Waals surface area contributed by atoms with Crippen LogP contribution in [0, 0.1) is 5.92 Å². The van der Waals surface area contributed by atoms with E-state index in [0.29, 0.717) is 12.3 Å². The molecule has 0 aromatic heterocycles. The maximum Gasteiger partial charge on any atom is 0.224 e. The van der Waals surface area contributed by atoms with Gasteiger partial charge in [0.25, 0.3) is 0 Å². The molecule has 104 valence electrons. The second-order valence-corrected chi connectivity index (χ2v) is 5.93. The van der Waals surface area contributed by atoms with Gasteiger partial charge >= 0.3 is 0 Å². The average Bonchev–Trinajstić information content (AvgIpc) is 2.39. The quantitative estimate of drug-likeness (QED) is 0.826. The Morgan fingerprint density at radius 2 is 2.16 bits per heavy atom. The monoisotopic (exact) mass is 278 g/mol. The minimum Gasteiger partial charge on any atom is -0.355 e. The lowest BCUT2D eigenvalue weighted by Crippen LogP contribution is -2.39. The van der Waals surface area contributed by atoms with Crippen molar-refractivity contribution >= 4 is 18.5 Å². The van der Waals surface area contributed by atoms with Crippen molar-refractivity contribution in [3.63, 3.8) is 0 Å².